The highest BCUT2D eigenvalue weighted by molar-refractivity contribution is 5.71. The Morgan fingerprint density at radius 3 is 2.72 bits per heavy atom. The van der Waals surface area contributed by atoms with Crippen molar-refractivity contribution in [3.8, 4) is 34.1 Å². The molecule has 0 bridgehead atoms. The second-order valence-electron chi connectivity index (χ2n) is 6.78. The summed E-state index contributed by atoms with van der Waals surface area (Å²) >= 11 is 0. The molecule has 0 radical (unpaired) electrons. The van der Waals surface area contributed by atoms with Gasteiger partial charge in [0.25, 0.3) is 0 Å². The van der Waals surface area contributed by atoms with Crippen molar-refractivity contribution in [3.63, 3.8) is 0 Å². The third kappa shape index (κ3) is 4.43. The van der Waals surface area contributed by atoms with E-state index in [9.17, 15) is 0 Å². The lowest BCUT2D eigenvalue weighted by molar-refractivity contribution is 0.0902. The first-order chi connectivity index (χ1) is 14.3. The monoisotopic (exact) mass is 392 g/mol. The summed E-state index contributed by atoms with van der Waals surface area (Å²) in [5.41, 5.74) is 3.05. The summed E-state index contributed by atoms with van der Waals surface area (Å²) in [6.07, 6.45) is 3.67. The van der Waals surface area contributed by atoms with E-state index >= 15 is 0 Å². The number of nitrogens with one attached hydrogen (secondary N) is 1. The fourth-order valence-corrected chi connectivity index (χ4v) is 3.31. The average Bonchev–Trinajstić information content (AvgIpc) is 2.78. The maximum atomic E-state index is 5.98. The van der Waals surface area contributed by atoms with E-state index < -0.39 is 0 Å². The van der Waals surface area contributed by atoms with Crippen LogP contribution in [0.1, 0.15) is 5.56 Å². The predicted octanol–water partition coefficient (Wildman–Crippen LogP) is 3.70. The molecule has 6 heteroatoms. The molecule has 2 aromatic carbocycles. The van der Waals surface area contributed by atoms with Gasteiger partial charge in [-0.05, 0) is 35.9 Å². The molecule has 1 unspecified atom stereocenters. The third-order valence-electron chi connectivity index (χ3n) is 4.78. The molecular formula is C23H24N2O4. The number of hydrogen-bond acceptors (Lipinski definition) is 6. The van der Waals surface area contributed by atoms with Crippen LogP contribution in [0, 0.1) is 0 Å². The Morgan fingerprint density at radius 2 is 1.90 bits per heavy atom. The number of nitrogens with zero attached hydrogens (tertiary/aromatic N) is 1. The van der Waals surface area contributed by atoms with Crippen LogP contribution < -0.4 is 24.3 Å². The van der Waals surface area contributed by atoms with Gasteiger partial charge in [-0.15, -0.1) is 0 Å². The standard InChI is InChI=1S/C23H24N2O4/c1-26-18-7-8-20(23(10-18)27-2)17-9-16(11-24-13-17)12-25-14-19-15-28-21-5-3-4-6-22(21)29-19/h3-11,13,19,25H,12,14-15H2,1-2H3. The number of benzene rings is 2. The predicted molar refractivity (Wildman–Crippen MR) is 111 cm³/mol. The molecule has 29 heavy (non-hydrogen) atoms. The third-order valence-corrected chi connectivity index (χ3v) is 4.78. The minimum atomic E-state index is -0.0253. The van der Waals surface area contributed by atoms with Gasteiger partial charge in [-0.25, -0.2) is 0 Å². The Kier molecular flexibility index (Phi) is 5.81. The number of hydrogen-bond donors (Lipinski definition) is 1. The van der Waals surface area contributed by atoms with Gasteiger partial charge < -0.3 is 24.3 Å². The van der Waals surface area contributed by atoms with Crippen molar-refractivity contribution in [3.05, 3.63) is 66.5 Å². The molecule has 1 N–H and O–H groups in total. The lowest BCUT2D eigenvalue weighted by atomic mass is 10.0. The van der Waals surface area contributed by atoms with Crippen molar-refractivity contribution in [2.75, 3.05) is 27.4 Å². The molecule has 0 amide bonds. The smallest absolute Gasteiger partial charge is 0.161 e. The number of aromatic nitrogens is 1. The summed E-state index contributed by atoms with van der Waals surface area (Å²) in [7, 11) is 3.30. The van der Waals surface area contributed by atoms with Crippen LogP contribution in [0.3, 0.4) is 0 Å². The van der Waals surface area contributed by atoms with Gasteiger partial charge in [0, 0.05) is 42.7 Å². The van der Waals surface area contributed by atoms with Gasteiger partial charge >= 0.3 is 0 Å². The molecule has 1 aliphatic heterocycles. The zero-order valence-electron chi connectivity index (χ0n) is 16.6. The van der Waals surface area contributed by atoms with Crippen LogP contribution >= 0.6 is 0 Å². The van der Waals surface area contributed by atoms with Crippen molar-refractivity contribution in [2.45, 2.75) is 12.6 Å². The van der Waals surface area contributed by atoms with Crippen molar-refractivity contribution >= 4 is 0 Å². The topological polar surface area (TPSA) is 61.8 Å². The number of fused-ring (bicyclic) bond motifs is 1. The number of pyridine rings is 1. The number of ether oxygens (including phenoxy) is 4. The van der Waals surface area contributed by atoms with E-state index in [1.165, 1.54) is 0 Å². The first kappa shape index (κ1) is 19.1. The first-order valence-electron chi connectivity index (χ1n) is 9.52. The van der Waals surface area contributed by atoms with Gasteiger partial charge in [-0.3, -0.25) is 4.98 Å². The van der Waals surface area contributed by atoms with Crippen LogP contribution in [-0.2, 0) is 6.54 Å². The molecule has 0 saturated heterocycles. The Bertz CT molecular complexity index is 977. The Hall–Kier alpha value is -3.25. The van der Waals surface area contributed by atoms with Gasteiger partial charge in [0.05, 0.1) is 14.2 Å². The Morgan fingerprint density at radius 1 is 1.03 bits per heavy atom. The summed E-state index contributed by atoms with van der Waals surface area (Å²) in [4.78, 5) is 4.39. The second kappa shape index (κ2) is 8.84. The van der Waals surface area contributed by atoms with E-state index in [4.69, 9.17) is 18.9 Å². The van der Waals surface area contributed by atoms with Gasteiger partial charge in [-0.1, -0.05) is 12.1 Å². The second-order valence-corrected chi connectivity index (χ2v) is 6.78. The molecule has 0 spiro atoms. The van der Waals surface area contributed by atoms with Gasteiger partial charge in [0.15, 0.2) is 11.5 Å². The molecule has 2 heterocycles. The fraction of sp³-hybridized carbons (Fsp3) is 0.261. The molecule has 0 fully saturated rings. The van der Waals surface area contributed by atoms with Gasteiger partial charge in [0.2, 0.25) is 0 Å². The molecular weight excluding hydrogens is 368 g/mol. The zero-order chi connectivity index (χ0) is 20.1. The Labute approximate surface area is 170 Å². The summed E-state index contributed by atoms with van der Waals surface area (Å²) in [6.45, 7) is 1.90. The maximum absolute atomic E-state index is 5.98. The summed E-state index contributed by atoms with van der Waals surface area (Å²) in [5, 5.41) is 3.43. The van der Waals surface area contributed by atoms with Crippen LogP contribution in [0.5, 0.6) is 23.0 Å². The van der Waals surface area contributed by atoms with E-state index in [0.717, 1.165) is 39.7 Å². The van der Waals surface area contributed by atoms with Crippen LogP contribution in [0.15, 0.2) is 60.9 Å². The van der Waals surface area contributed by atoms with E-state index in [1.807, 2.05) is 54.9 Å². The largest absolute Gasteiger partial charge is 0.497 e. The van der Waals surface area contributed by atoms with Crippen LogP contribution in [0.2, 0.25) is 0 Å². The number of para-hydroxylation sites is 2. The molecule has 1 atom stereocenters. The highest BCUT2D eigenvalue weighted by Gasteiger charge is 2.20. The molecule has 0 aliphatic carbocycles. The number of methoxy groups -OCH3 is 2. The lowest BCUT2D eigenvalue weighted by Crippen LogP contribution is -2.38. The molecule has 4 rings (SSSR count). The molecule has 6 nitrogen and oxygen atoms in total. The highest BCUT2D eigenvalue weighted by atomic mass is 16.6. The summed E-state index contributed by atoms with van der Waals surface area (Å²) in [5.74, 6) is 3.10. The first-order valence-corrected chi connectivity index (χ1v) is 9.52. The molecule has 1 aliphatic rings. The lowest BCUT2D eigenvalue weighted by Gasteiger charge is -2.26. The van der Waals surface area contributed by atoms with Gasteiger partial charge in [-0.2, -0.15) is 0 Å². The SMILES string of the molecule is COc1ccc(-c2cncc(CNCC3COc4ccccc4O3)c2)c(OC)c1. The van der Waals surface area contributed by atoms with E-state index in [1.54, 1.807) is 14.2 Å². The van der Waals surface area contributed by atoms with Gasteiger partial charge in [0.1, 0.15) is 24.2 Å². The van der Waals surface area contributed by atoms with E-state index in [0.29, 0.717) is 19.7 Å². The number of rotatable bonds is 7. The highest BCUT2D eigenvalue weighted by Crippen LogP contribution is 2.33. The van der Waals surface area contributed by atoms with Crippen molar-refractivity contribution in [1.29, 1.82) is 0 Å². The normalized spacial score (nSPS) is 15.0. The summed E-state index contributed by atoms with van der Waals surface area (Å²) < 4.78 is 22.5. The molecule has 150 valence electrons. The van der Waals surface area contributed by atoms with Crippen molar-refractivity contribution < 1.29 is 18.9 Å². The molecule has 1 aromatic heterocycles. The minimum Gasteiger partial charge on any atom is -0.497 e. The van der Waals surface area contributed by atoms with Crippen LogP contribution in [0.25, 0.3) is 11.1 Å². The minimum absolute atomic E-state index is 0.0253. The molecule has 0 saturated carbocycles. The summed E-state index contributed by atoms with van der Waals surface area (Å²) in [6, 6.07) is 15.6. The van der Waals surface area contributed by atoms with Crippen LogP contribution in [0.4, 0.5) is 0 Å². The quantitative estimate of drug-likeness (QED) is 0.662. The van der Waals surface area contributed by atoms with E-state index in [-0.39, 0.29) is 6.10 Å². The maximum Gasteiger partial charge on any atom is 0.161 e. The molecule has 3 aromatic rings. The Balaban J connectivity index is 1.39. The average molecular weight is 392 g/mol. The van der Waals surface area contributed by atoms with Crippen molar-refractivity contribution in [2.24, 2.45) is 0 Å². The van der Waals surface area contributed by atoms with Crippen LogP contribution in [-0.4, -0.2) is 38.5 Å². The van der Waals surface area contributed by atoms with E-state index in [2.05, 4.69) is 16.4 Å². The van der Waals surface area contributed by atoms with Crippen molar-refractivity contribution in [1.82, 2.24) is 10.3 Å². The fourth-order valence-electron chi connectivity index (χ4n) is 3.31. The zero-order valence-corrected chi connectivity index (χ0v) is 16.6.